The summed E-state index contributed by atoms with van der Waals surface area (Å²) in [5.74, 6) is -0.430. The third kappa shape index (κ3) is 28.7. The molecular weight excluding hydrogens is 535 g/mol. The molecule has 3 unspecified atom stereocenters. The van der Waals surface area contributed by atoms with Crippen LogP contribution in [0.5, 0.6) is 0 Å². The number of phosphoric acid groups is 1. The monoisotopic (exact) mass is 594 g/mol. The van der Waals surface area contributed by atoms with Crippen LogP contribution in [0.1, 0.15) is 135 Å². The van der Waals surface area contributed by atoms with Gasteiger partial charge in [0.1, 0.15) is 18.8 Å². The predicted octanol–water partition coefficient (Wildman–Crippen LogP) is 6.76. The number of carbonyl (C=O) groups is 1. The molecule has 4 N–H and O–H groups in total. The Bertz CT molecular complexity index is 645. The Morgan fingerprint density at radius 2 is 1.10 bits per heavy atom. The van der Waals surface area contributed by atoms with Crippen molar-refractivity contribution in [2.24, 2.45) is 0 Å². The van der Waals surface area contributed by atoms with E-state index in [1.807, 2.05) is 0 Å². The standard InChI is InChI=1S/C30H59O9P/c1-2-3-4-5-6-7-8-9-10-11-12-13-14-15-16-17-18-19-20-21-22-23-30(34)37-25-29(33)27-39-40(35,36)38-26-28(32)24-31/h11-12,28-29,31-33H,2-10,13-27H2,1H3,(H,35,36)/b12-11-. The van der Waals surface area contributed by atoms with Crippen molar-refractivity contribution >= 4 is 13.8 Å². The van der Waals surface area contributed by atoms with E-state index in [1.165, 1.54) is 103 Å². The van der Waals surface area contributed by atoms with Gasteiger partial charge in [0.05, 0.1) is 19.8 Å². The molecule has 0 bridgehead atoms. The van der Waals surface area contributed by atoms with E-state index >= 15 is 0 Å². The molecular formula is C30H59O9P. The zero-order valence-corrected chi connectivity index (χ0v) is 26.0. The van der Waals surface area contributed by atoms with Gasteiger partial charge in [-0.25, -0.2) is 4.57 Å². The van der Waals surface area contributed by atoms with Crippen molar-refractivity contribution in [3.63, 3.8) is 0 Å². The highest BCUT2D eigenvalue weighted by Gasteiger charge is 2.24. The minimum Gasteiger partial charge on any atom is -0.463 e. The molecule has 0 radical (unpaired) electrons. The summed E-state index contributed by atoms with van der Waals surface area (Å²) in [6, 6.07) is 0. The molecule has 0 saturated heterocycles. The van der Waals surface area contributed by atoms with Gasteiger partial charge < -0.3 is 24.9 Å². The van der Waals surface area contributed by atoms with E-state index in [-0.39, 0.29) is 13.0 Å². The van der Waals surface area contributed by atoms with Crippen molar-refractivity contribution in [1.82, 2.24) is 0 Å². The number of hydrogen-bond donors (Lipinski definition) is 4. The lowest BCUT2D eigenvalue weighted by Crippen LogP contribution is -2.24. The third-order valence-electron chi connectivity index (χ3n) is 6.65. The number of ether oxygens (including phenoxy) is 1. The number of allylic oxidation sites excluding steroid dienone is 2. The van der Waals surface area contributed by atoms with E-state index in [2.05, 4.69) is 28.1 Å². The molecule has 238 valence electrons. The van der Waals surface area contributed by atoms with Crippen molar-refractivity contribution in [3.05, 3.63) is 12.2 Å². The minimum absolute atomic E-state index is 0.265. The summed E-state index contributed by atoms with van der Waals surface area (Å²) in [6.07, 6.45) is 26.1. The quantitative estimate of drug-likeness (QED) is 0.0307. The first-order valence-electron chi connectivity index (χ1n) is 15.7. The molecule has 10 heteroatoms. The van der Waals surface area contributed by atoms with Gasteiger partial charge in [-0.15, -0.1) is 0 Å². The van der Waals surface area contributed by atoms with Gasteiger partial charge in [-0.3, -0.25) is 13.8 Å². The van der Waals surface area contributed by atoms with Crippen LogP contribution in [-0.4, -0.2) is 64.8 Å². The first-order chi connectivity index (χ1) is 19.3. The van der Waals surface area contributed by atoms with E-state index in [9.17, 15) is 19.4 Å². The van der Waals surface area contributed by atoms with Gasteiger partial charge >= 0.3 is 13.8 Å². The van der Waals surface area contributed by atoms with Crippen LogP contribution < -0.4 is 0 Å². The smallest absolute Gasteiger partial charge is 0.463 e. The summed E-state index contributed by atoms with van der Waals surface area (Å²) in [5, 5.41) is 27.5. The van der Waals surface area contributed by atoms with Crippen LogP contribution in [0.15, 0.2) is 12.2 Å². The Kier molecular flexibility index (Phi) is 27.8. The first kappa shape index (κ1) is 39.2. The fraction of sp³-hybridized carbons (Fsp3) is 0.900. The highest BCUT2D eigenvalue weighted by molar-refractivity contribution is 7.47. The van der Waals surface area contributed by atoms with Gasteiger partial charge in [-0.1, -0.05) is 109 Å². The lowest BCUT2D eigenvalue weighted by Gasteiger charge is -2.16. The first-order valence-corrected chi connectivity index (χ1v) is 17.2. The summed E-state index contributed by atoms with van der Waals surface area (Å²) in [5.41, 5.74) is 0. The van der Waals surface area contributed by atoms with E-state index < -0.39 is 45.8 Å². The fourth-order valence-electron chi connectivity index (χ4n) is 4.16. The molecule has 9 nitrogen and oxygen atoms in total. The van der Waals surface area contributed by atoms with Crippen LogP contribution in [0, 0.1) is 0 Å². The Balaban J connectivity index is 3.44. The maximum Gasteiger partial charge on any atom is 0.472 e. The molecule has 3 atom stereocenters. The summed E-state index contributed by atoms with van der Waals surface area (Å²) in [6.45, 7) is 0.114. The van der Waals surface area contributed by atoms with Gasteiger partial charge in [0, 0.05) is 6.42 Å². The number of aliphatic hydroxyl groups excluding tert-OH is 3. The molecule has 0 heterocycles. The average Bonchev–Trinajstić information content (AvgIpc) is 2.94. The molecule has 40 heavy (non-hydrogen) atoms. The Morgan fingerprint density at radius 3 is 1.57 bits per heavy atom. The topological polar surface area (TPSA) is 143 Å². The zero-order valence-electron chi connectivity index (χ0n) is 25.1. The maximum absolute atomic E-state index is 11.8. The van der Waals surface area contributed by atoms with Crippen molar-refractivity contribution < 1.29 is 43.4 Å². The molecule has 0 saturated carbocycles. The molecule has 0 aliphatic heterocycles. The predicted molar refractivity (Wildman–Crippen MR) is 159 cm³/mol. The van der Waals surface area contributed by atoms with Crippen molar-refractivity contribution in [2.75, 3.05) is 26.4 Å². The summed E-state index contributed by atoms with van der Waals surface area (Å²) in [4.78, 5) is 21.2. The van der Waals surface area contributed by atoms with Gasteiger partial charge in [0.25, 0.3) is 0 Å². The number of carbonyl (C=O) groups excluding carboxylic acids is 1. The largest absolute Gasteiger partial charge is 0.472 e. The lowest BCUT2D eigenvalue weighted by molar-refractivity contribution is -0.147. The number of rotatable bonds is 30. The minimum atomic E-state index is -4.49. The van der Waals surface area contributed by atoms with Crippen LogP contribution in [0.3, 0.4) is 0 Å². The zero-order chi connectivity index (χ0) is 29.7. The van der Waals surface area contributed by atoms with Gasteiger partial charge in [-0.05, 0) is 32.1 Å². The van der Waals surface area contributed by atoms with Crippen molar-refractivity contribution in [3.8, 4) is 0 Å². The number of unbranched alkanes of at least 4 members (excludes halogenated alkanes) is 17. The Labute approximate surface area is 243 Å². The number of esters is 1. The molecule has 0 aromatic rings. The third-order valence-corrected chi connectivity index (χ3v) is 7.60. The Hall–Kier alpha value is -0.800. The molecule has 0 rings (SSSR count). The highest BCUT2D eigenvalue weighted by Crippen LogP contribution is 2.43. The number of phosphoric ester groups is 1. The molecule has 0 aliphatic rings. The molecule has 0 fully saturated rings. The maximum atomic E-state index is 11.8. The van der Waals surface area contributed by atoms with E-state index in [0.717, 1.165) is 19.3 Å². The molecule has 0 aromatic carbocycles. The Morgan fingerprint density at radius 1 is 0.675 bits per heavy atom. The summed E-state index contributed by atoms with van der Waals surface area (Å²) in [7, 11) is -4.49. The second-order valence-electron chi connectivity index (χ2n) is 10.7. The molecule has 0 spiro atoms. The molecule has 0 aliphatic carbocycles. The van der Waals surface area contributed by atoms with E-state index in [0.29, 0.717) is 0 Å². The van der Waals surface area contributed by atoms with Crippen LogP contribution in [0.2, 0.25) is 0 Å². The van der Waals surface area contributed by atoms with Crippen LogP contribution >= 0.6 is 7.82 Å². The average molecular weight is 595 g/mol. The second kappa shape index (κ2) is 28.3. The summed E-state index contributed by atoms with van der Waals surface area (Å²) >= 11 is 0. The second-order valence-corrected chi connectivity index (χ2v) is 12.1. The van der Waals surface area contributed by atoms with E-state index in [1.54, 1.807) is 0 Å². The van der Waals surface area contributed by atoms with Gasteiger partial charge in [0.15, 0.2) is 0 Å². The molecule has 0 aromatic heterocycles. The SMILES string of the molecule is CCCCCCCCCC/C=C\CCCCCCCCCCCC(=O)OCC(O)COP(=O)(O)OCC(O)CO. The van der Waals surface area contributed by atoms with Crippen LogP contribution in [0.25, 0.3) is 0 Å². The van der Waals surface area contributed by atoms with Gasteiger partial charge in [-0.2, -0.15) is 0 Å². The normalized spacial score (nSPS) is 14.8. The lowest BCUT2D eigenvalue weighted by atomic mass is 10.1. The fourth-order valence-corrected chi connectivity index (χ4v) is 4.96. The van der Waals surface area contributed by atoms with E-state index in [4.69, 9.17) is 14.9 Å². The summed E-state index contributed by atoms with van der Waals surface area (Å²) < 4.78 is 25.6. The highest BCUT2D eigenvalue weighted by atomic mass is 31.2. The number of hydrogen-bond acceptors (Lipinski definition) is 8. The van der Waals surface area contributed by atoms with Crippen molar-refractivity contribution in [1.29, 1.82) is 0 Å². The number of aliphatic hydroxyl groups is 3. The van der Waals surface area contributed by atoms with Crippen LogP contribution in [0.4, 0.5) is 0 Å². The van der Waals surface area contributed by atoms with Crippen molar-refractivity contribution in [2.45, 2.75) is 148 Å². The molecule has 0 amide bonds. The van der Waals surface area contributed by atoms with Gasteiger partial charge in [0.2, 0.25) is 0 Å². The van der Waals surface area contributed by atoms with Crippen LogP contribution in [-0.2, 0) is 23.1 Å².